The van der Waals surface area contributed by atoms with Crippen LogP contribution in [0, 0.1) is 17.2 Å². The standard InChI is InChI=1S/C16H18F3N3O2/c1-2-24-14-6-5-12(8-13(14)16(17,18)19)21-15(23)22-7-3-4-11(9-20)10-22/h5-6,8,11H,2-4,7,10H2,1H3,(H,21,23). The van der Waals surface area contributed by atoms with Crippen LogP contribution in [0.4, 0.5) is 23.7 Å². The van der Waals surface area contributed by atoms with Crippen LogP contribution in [0.25, 0.3) is 0 Å². The zero-order valence-electron chi connectivity index (χ0n) is 13.2. The molecule has 8 heteroatoms. The van der Waals surface area contributed by atoms with Gasteiger partial charge in [0, 0.05) is 18.8 Å². The predicted molar refractivity (Wildman–Crippen MR) is 81.5 cm³/mol. The number of carbonyl (C=O) groups excluding carboxylic acids is 1. The molecule has 2 amide bonds. The second kappa shape index (κ2) is 7.43. The number of nitrogens with zero attached hydrogens (tertiary/aromatic N) is 2. The van der Waals surface area contributed by atoms with Crippen LogP contribution < -0.4 is 10.1 Å². The Kier molecular flexibility index (Phi) is 5.54. The number of anilines is 1. The van der Waals surface area contributed by atoms with Gasteiger partial charge in [-0.25, -0.2) is 4.79 Å². The van der Waals surface area contributed by atoms with Crippen LogP contribution in [0.2, 0.25) is 0 Å². The van der Waals surface area contributed by atoms with Crippen LogP contribution in [-0.4, -0.2) is 30.6 Å². The number of alkyl halides is 3. The van der Waals surface area contributed by atoms with Gasteiger partial charge in [0.05, 0.1) is 24.2 Å². The average Bonchev–Trinajstić information content (AvgIpc) is 2.55. The molecule has 1 unspecified atom stereocenters. The molecule has 1 aliphatic rings. The molecule has 2 rings (SSSR count). The van der Waals surface area contributed by atoms with E-state index >= 15 is 0 Å². The summed E-state index contributed by atoms with van der Waals surface area (Å²) in [5.41, 5.74) is -0.898. The predicted octanol–water partition coefficient (Wildman–Crippen LogP) is 3.87. The molecule has 0 saturated carbocycles. The van der Waals surface area contributed by atoms with Gasteiger partial charge < -0.3 is 15.0 Å². The normalized spacial score (nSPS) is 18.0. The van der Waals surface area contributed by atoms with Crippen molar-refractivity contribution in [2.24, 2.45) is 5.92 Å². The lowest BCUT2D eigenvalue weighted by Crippen LogP contribution is -2.42. The highest BCUT2D eigenvalue weighted by molar-refractivity contribution is 5.89. The Hall–Kier alpha value is -2.43. The number of piperidine rings is 1. The highest BCUT2D eigenvalue weighted by Gasteiger charge is 2.35. The number of nitrogens with one attached hydrogen (secondary N) is 1. The summed E-state index contributed by atoms with van der Waals surface area (Å²) in [4.78, 5) is 13.6. The van der Waals surface area contributed by atoms with Crippen molar-refractivity contribution in [3.8, 4) is 11.8 Å². The summed E-state index contributed by atoms with van der Waals surface area (Å²) >= 11 is 0. The maximum Gasteiger partial charge on any atom is 0.420 e. The van der Waals surface area contributed by atoms with Crippen LogP contribution in [0.1, 0.15) is 25.3 Å². The van der Waals surface area contributed by atoms with E-state index in [0.29, 0.717) is 13.0 Å². The van der Waals surface area contributed by atoms with E-state index in [4.69, 9.17) is 10.00 Å². The summed E-state index contributed by atoms with van der Waals surface area (Å²) in [6.07, 6.45) is -3.16. The molecule has 24 heavy (non-hydrogen) atoms. The molecule has 1 N–H and O–H groups in total. The largest absolute Gasteiger partial charge is 0.493 e. The molecular weight excluding hydrogens is 323 g/mol. The molecule has 1 fully saturated rings. The molecule has 1 aromatic rings. The molecule has 130 valence electrons. The Morgan fingerprint density at radius 3 is 2.88 bits per heavy atom. The third kappa shape index (κ3) is 4.31. The second-order valence-electron chi connectivity index (χ2n) is 5.49. The van der Waals surface area contributed by atoms with Gasteiger partial charge in [0.25, 0.3) is 0 Å². The molecule has 0 spiro atoms. The summed E-state index contributed by atoms with van der Waals surface area (Å²) < 4.78 is 44.3. The van der Waals surface area contributed by atoms with Gasteiger partial charge in [-0.15, -0.1) is 0 Å². The van der Waals surface area contributed by atoms with Crippen molar-refractivity contribution in [3.05, 3.63) is 23.8 Å². The van der Waals surface area contributed by atoms with Crippen molar-refractivity contribution in [1.29, 1.82) is 5.26 Å². The van der Waals surface area contributed by atoms with Crippen LogP contribution in [0.15, 0.2) is 18.2 Å². The second-order valence-corrected chi connectivity index (χ2v) is 5.49. The Balaban J connectivity index is 2.15. The zero-order valence-corrected chi connectivity index (χ0v) is 13.2. The highest BCUT2D eigenvalue weighted by atomic mass is 19.4. The minimum Gasteiger partial charge on any atom is -0.493 e. The van der Waals surface area contributed by atoms with E-state index < -0.39 is 17.8 Å². The van der Waals surface area contributed by atoms with Gasteiger partial charge >= 0.3 is 12.2 Å². The van der Waals surface area contributed by atoms with E-state index in [0.717, 1.165) is 12.5 Å². The fourth-order valence-electron chi connectivity index (χ4n) is 2.58. The lowest BCUT2D eigenvalue weighted by atomic mass is 10.0. The van der Waals surface area contributed by atoms with E-state index in [9.17, 15) is 18.0 Å². The Morgan fingerprint density at radius 1 is 1.50 bits per heavy atom. The van der Waals surface area contributed by atoms with Gasteiger partial charge in [-0.1, -0.05) is 0 Å². The minimum absolute atomic E-state index is 0.0369. The molecule has 0 aromatic heterocycles. The Bertz CT molecular complexity index is 640. The number of urea groups is 1. The molecular formula is C16H18F3N3O2. The molecule has 1 heterocycles. The molecule has 1 aromatic carbocycles. The third-order valence-electron chi connectivity index (χ3n) is 3.73. The molecule has 5 nitrogen and oxygen atoms in total. The molecule has 0 bridgehead atoms. The molecule has 0 radical (unpaired) electrons. The van der Waals surface area contributed by atoms with Crippen LogP contribution in [0.5, 0.6) is 5.75 Å². The van der Waals surface area contributed by atoms with Crippen molar-refractivity contribution in [2.45, 2.75) is 25.9 Å². The van der Waals surface area contributed by atoms with E-state index in [1.54, 1.807) is 6.92 Å². The van der Waals surface area contributed by atoms with Crippen molar-refractivity contribution in [2.75, 3.05) is 25.0 Å². The fourth-order valence-corrected chi connectivity index (χ4v) is 2.58. The molecule has 1 saturated heterocycles. The Morgan fingerprint density at radius 2 is 2.25 bits per heavy atom. The first-order valence-electron chi connectivity index (χ1n) is 7.64. The molecule has 0 aliphatic carbocycles. The third-order valence-corrected chi connectivity index (χ3v) is 3.73. The number of hydrogen-bond donors (Lipinski definition) is 1. The maximum atomic E-state index is 13.1. The quantitative estimate of drug-likeness (QED) is 0.907. The number of halogens is 3. The topological polar surface area (TPSA) is 65.4 Å². The van der Waals surface area contributed by atoms with E-state index in [-0.39, 0.29) is 30.5 Å². The number of ether oxygens (including phenoxy) is 1. The van der Waals surface area contributed by atoms with Gasteiger partial charge in [0.15, 0.2) is 0 Å². The Labute approximate surface area is 138 Å². The lowest BCUT2D eigenvalue weighted by molar-refractivity contribution is -0.138. The van der Waals surface area contributed by atoms with Crippen molar-refractivity contribution < 1.29 is 22.7 Å². The lowest BCUT2D eigenvalue weighted by Gasteiger charge is -2.29. The van der Waals surface area contributed by atoms with Crippen molar-refractivity contribution >= 4 is 11.7 Å². The van der Waals surface area contributed by atoms with E-state index in [1.165, 1.54) is 17.0 Å². The monoisotopic (exact) mass is 341 g/mol. The minimum atomic E-state index is -4.58. The van der Waals surface area contributed by atoms with Crippen LogP contribution >= 0.6 is 0 Å². The summed E-state index contributed by atoms with van der Waals surface area (Å²) in [5.74, 6) is -0.513. The smallest absolute Gasteiger partial charge is 0.420 e. The SMILES string of the molecule is CCOc1ccc(NC(=O)N2CCCC(C#N)C2)cc1C(F)(F)F. The van der Waals surface area contributed by atoms with Gasteiger partial charge in [-0.05, 0) is 38.0 Å². The summed E-state index contributed by atoms with van der Waals surface area (Å²) in [6.45, 7) is 2.47. The van der Waals surface area contributed by atoms with Crippen LogP contribution in [0.3, 0.4) is 0 Å². The summed E-state index contributed by atoms with van der Waals surface area (Å²) in [6, 6.07) is 5.02. The van der Waals surface area contributed by atoms with Crippen molar-refractivity contribution in [1.82, 2.24) is 4.90 Å². The van der Waals surface area contributed by atoms with Gasteiger partial charge in [0.1, 0.15) is 5.75 Å². The first kappa shape index (κ1) is 17.9. The first-order valence-corrected chi connectivity index (χ1v) is 7.64. The number of carbonyl (C=O) groups is 1. The molecule has 1 atom stereocenters. The number of likely N-dealkylation sites (tertiary alicyclic amines) is 1. The van der Waals surface area contributed by atoms with Crippen LogP contribution in [-0.2, 0) is 6.18 Å². The number of nitriles is 1. The maximum absolute atomic E-state index is 13.1. The van der Waals surface area contributed by atoms with Gasteiger partial charge in [-0.3, -0.25) is 0 Å². The van der Waals surface area contributed by atoms with Crippen molar-refractivity contribution in [3.63, 3.8) is 0 Å². The number of hydrogen-bond acceptors (Lipinski definition) is 3. The van der Waals surface area contributed by atoms with E-state index in [2.05, 4.69) is 11.4 Å². The summed E-state index contributed by atoms with van der Waals surface area (Å²) in [5, 5.41) is 11.4. The highest BCUT2D eigenvalue weighted by Crippen LogP contribution is 2.38. The number of rotatable bonds is 3. The fraction of sp³-hybridized carbons (Fsp3) is 0.500. The van der Waals surface area contributed by atoms with E-state index in [1.807, 2.05) is 0 Å². The van der Waals surface area contributed by atoms with Gasteiger partial charge in [-0.2, -0.15) is 18.4 Å². The average molecular weight is 341 g/mol. The molecule has 1 aliphatic heterocycles. The number of benzene rings is 1. The summed E-state index contributed by atoms with van der Waals surface area (Å²) in [7, 11) is 0. The number of amides is 2. The van der Waals surface area contributed by atoms with Gasteiger partial charge in [0.2, 0.25) is 0 Å². The zero-order chi connectivity index (χ0) is 17.7. The first-order chi connectivity index (χ1) is 11.3.